The topological polar surface area (TPSA) is 75.7 Å². The molecule has 104 valence electrons. The molecular weight excluding hydrogens is 274 g/mol. The minimum absolute atomic E-state index is 0.331. The van der Waals surface area contributed by atoms with E-state index in [4.69, 9.17) is 10.7 Å². The normalized spacial score (nSPS) is 11.9. The maximum atomic E-state index is 10.9. The number of nitrogens with zero attached hydrogens (tertiary/aromatic N) is 2. The lowest BCUT2D eigenvalue weighted by molar-refractivity contribution is 0.584. The van der Waals surface area contributed by atoms with E-state index in [1.54, 1.807) is 0 Å². The van der Waals surface area contributed by atoms with Gasteiger partial charge in [0.05, 0.1) is 0 Å². The summed E-state index contributed by atoms with van der Waals surface area (Å²) in [5.74, 6) is 0.586. The van der Waals surface area contributed by atoms with E-state index in [9.17, 15) is 8.42 Å². The van der Waals surface area contributed by atoms with Gasteiger partial charge in [0.1, 0.15) is 5.82 Å². The molecule has 5 nitrogen and oxygen atoms in total. The number of hydrogen-bond acceptors (Lipinski definition) is 4. The maximum Gasteiger partial charge on any atom is 0.298 e. The predicted octanol–water partition coefficient (Wildman–Crippen LogP) is 3.03. The molecule has 1 aromatic heterocycles. The van der Waals surface area contributed by atoms with Crippen molar-refractivity contribution in [2.75, 3.05) is 0 Å². The average Bonchev–Trinajstić information content (AvgIpc) is 2.76. The van der Waals surface area contributed by atoms with Crippen LogP contribution in [0.4, 0.5) is 0 Å². The molecule has 0 aliphatic carbocycles. The van der Waals surface area contributed by atoms with Crippen LogP contribution in [0.1, 0.15) is 57.7 Å². The van der Waals surface area contributed by atoms with Gasteiger partial charge >= 0.3 is 0 Å². The van der Waals surface area contributed by atoms with E-state index in [1.165, 1.54) is 32.1 Å². The van der Waals surface area contributed by atoms with Crippen molar-refractivity contribution in [2.24, 2.45) is 0 Å². The highest BCUT2D eigenvalue weighted by Gasteiger charge is 2.16. The summed E-state index contributed by atoms with van der Waals surface area (Å²) in [6.07, 6.45) is 9.18. The minimum atomic E-state index is -3.81. The Kier molecular flexibility index (Phi) is 6.63. The molecule has 0 fully saturated rings. The van der Waals surface area contributed by atoms with E-state index in [2.05, 4.69) is 22.1 Å². The molecule has 1 N–H and O–H groups in total. The molecule has 0 radical (unpaired) electrons. The van der Waals surface area contributed by atoms with Gasteiger partial charge in [-0.05, 0) is 6.42 Å². The quantitative estimate of drug-likeness (QED) is 0.561. The summed E-state index contributed by atoms with van der Waals surface area (Å²) < 4.78 is 21.9. The Labute approximate surface area is 113 Å². The molecule has 0 saturated carbocycles. The van der Waals surface area contributed by atoms with E-state index in [0.29, 0.717) is 12.2 Å². The second-order valence-corrected chi connectivity index (χ2v) is 6.83. The number of aromatic nitrogens is 3. The van der Waals surface area contributed by atoms with Crippen molar-refractivity contribution in [3.8, 4) is 0 Å². The Balaban J connectivity index is 2.18. The Hall–Kier alpha value is -0.620. The molecule has 0 spiro atoms. The SMILES string of the molecule is CCCCCCCCCc1nc(S(=O)(=O)Cl)n[nH]1. The number of aromatic amines is 1. The fourth-order valence-electron chi connectivity index (χ4n) is 1.75. The minimum Gasteiger partial charge on any atom is -0.262 e. The van der Waals surface area contributed by atoms with Crippen LogP contribution in [0, 0.1) is 0 Å². The van der Waals surface area contributed by atoms with E-state index in [0.717, 1.165) is 12.8 Å². The lowest BCUT2D eigenvalue weighted by Gasteiger charge is -1.99. The van der Waals surface area contributed by atoms with E-state index < -0.39 is 9.05 Å². The van der Waals surface area contributed by atoms with Gasteiger partial charge in [-0.15, -0.1) is 5.10 Å². The Bertz CT molecular complexity index is 445. The number of unbranched alkanes of at least 4 members (excludes halogenated alkanes) is 6. The number of rotatable bonds is 9. The molecule has 0 aromatic carbocycles. The maximum absolute atomic E-state index is 10.9. The molecule has 1 heterocycles. The largest absolute Gasteiger partial charge is 0.298 e. The first-order chi connectivity index (χ1) is 8.54. The van der Waals surface area contributed by atoms with Crippen molar-refractivity contribution in [3.05, 3.63) is 5.82 Å². The van der Waals surface area contributed by atoms with Crippen molar-refractivity contribution in [3.63, 3.8) is 0 Å². The zero-order valence-electron chi connectivity index (χ0n) is 10.7. The smallest absolute Gasteiger partial charge is 0.262 e. The summed E-state index contributed by atoms with van der Waals surface area (Å²) in [5, 5.41) is 5.84. The third-order valence-electron chi connectivity index (χ3n) is 2.75. The van der Waals surface area contributed by atoms with Crippen molar-refractivity contribution < 1.29 is 8.42 Å². The summed E-state index contributed by atoms with van der Waals surface area (Å²) in [4.78, 5) is 3.84. The summed E-state index contributed by atoms with van der Waals surface area (Å²) in [6.45, 7) is 2.20. The first-order valence-electron chi connectivity index (χ1n) is 6.40. The monoisotopic (exact) mass is 293 g/mol. The molecule has 18 heavy (non-hydrogen) atoms. The summed E-state index contributed by atoms with van der Waals surface area (Å²) in [7, 11) is 1.32. The zero-order chi connectivity index (χ0) is 13.4. The summed E-state index contributed by atoms with van der Waals surface area (Å²) in [5.41, 5.74) is 0. The molecule has 0 atom stereocenters. The van der Waals surface area contributed by atoms with Gasteiger partial charge in [-0.3, -0.25) is 5.10 Å². The van der Waals surface area contributed by atoms with Crippen LogP contribution < -0.4 is 0 Å². The third-order valence-corrected chi connectivity index (χ3v) is 3.78. The van der Waals surface area contributed by atoms with Crippen LogP contribution >= 0.6 is 10.7 Å². The van der Waals surface area contributed by atoms with Gasteiger partial charge in [0.25, 0.3) is 14.2 Å². The molecule has 0 aliphatic rings. The van der Waals surface area contributed by atoms with Crippen LogP contribution in [-0.2, 0) is 15.5 Å². The van der Waals surface area contributed by atoms with Crippen molar-refractivity contribution >= 4 is 19.7 Å². The molecular formula is C11H20ClN3O2S. The molecule has 0 bridgehead atoms. The van der Waals surface area contributed by atoms with E-state index in [1.807, 2.05) is 0 Å². The first-order valence-corrected chi connectivity index (χ1v) is 8.71. The van der Waals surface area contributed by atoms with Crippen molar-refractivity contribution in [1.29, 1.82) is 0 Å². The van der Waals surface area contributed by atoms with Gasteiger partial charge in [-0.2, -0.15) is 0 Å². The molecule has 7 heteroatoms. The zero-order valence-corrected chi connectivity index (χ0v) is 12.2. The lowest BCUT2D eigenvalue weighted by atomic mass is 10.1. The Morgan fingerprint density at radius 3 is 2.28 bits per heavy atom. The highest BCUT2D eigenvalue weighted by molar-refractivity contribution is 8.13. The number of nitrogens with one attached hydrogen (secondary N) is 1. The molecule has 0 aliphatic heterocycles. The number of aryl methyl sites for hydroxylation is 1. The third kappa shape index (κ3) is 5.82. The van der Waals surface area contributed by atoms with Gasteiger partial charge in [-0.1, -0.05) is 45.4 Å². The van der Waals surface area contributed by atoms with Gasteiger partial charge < -0.3 is 0 Å². The van der Waals surface area contributed by atoms with Crippen molar-refractivity contribution in [1.82, 2.24) is 15.2 Å². The standard InChI is InChI=1S/C11H20ClN3O2S/c1-2-3-4-5-6-7-8-9-10-13-11(15-14-10)18(12,16)17/h2-9H2,1H3,(H,13,14,15). The fraction of sp³-hybridized carbons (Fsp3) is 0.818. The number of hydrogen-bond donors (Lipinski definition) is 1. The van der Waals surface area contributed by atoms with Gasteiger partial charge in [-0.25, -0.2) is 13.4 Å². The molecule has 1 rings (SSSR count). The van der Waals surface area contributed by atoms with Crippen LogP contribution in [-0.4, -0.2) is 23.6 Å². The lowest BCUT2D eigenvalue weighted by Crippen LogP contribution is -1.93. The van der Waals surface area contributed by atoms with E-state index >= 15 is 0 Å². The highest BCUT2D eigenvalue weighted by Crippen LogP contribution is 2.11. The number of halogens is 1. The molecule has 0 saturated heterocycles. The van der Waals surface area contributed by atoms with Gasteiger partial charge in [0.2, 0.25) is 0 Å². The Morgan fingerprint density at radius 2 is 1.72 bits per heavy atom. The summed E-state index contributed by atoms with van der Waals surface area (Å²) >= 11 is 0. The molecule has 1 aromatic rings. The molecule has 0 amide bonds. The second-order valence-electron chi connectivity index (χ2n) is 4.37. The van der Waals surface area contributed by atoms with Crippen LogP contribution in [0.2, 0.25) is 0 Å². The van der Waals surface area contributed by atoms with Crippen molar-refractivity contribution in [2.45, 2.75) is 63.4 Å². The van der Waals surface area contributed by atoms with Gasteiger partial charge in [0.15, 0.2) is 0 Å². The summed E-state index contributed by atoms with van der Waals surface area (Å²) in [6, 6.07) is 0. The molecule has 0 unspecified atom stereocenters. The van der Waals surface area contributed by atoms with E-state index in [-0.39, 0.29) is 5.16 Å². The number of H-pyrrole nitrogens is 1. The average molecular weight is 294 g/mol. The second kappa shape index (κ2) is 7.74. The van der Waals surface area contributed by atoms with Crippen LogP contribution in [0.15, 0.2) is 5.16 Å². The predicted molar refractivity (Wildman–Crippen MR) is 71.1 cm³/mol. The van der Waals surface area contributed by atoms with Gasteiger partial charge in [0, 0.05) is 17.1 Å². The highest BCUT2D eigenvalue weighted by atomic mass is 35.7. The van der Waals surface area contributed by atoms with Crippen LogP contribution in [0.25, 0.3) is 0 Å². The fourth-order valence-corrected chi connectivity index (χ4v) is 2.33. The Morgan fingerprint density at radius 1 is 1.11 bits per heavy atom. The van der Waals surface area contributed by atoms with Crippen LogP contribution in [0.3, 0.4) is 0 Å². The van der Waals surface area contributed by atoms with Crippen LogP contribution in [0.5, 0.6) is 0 Å². The first kappa shape index (κ1) is 15.4.